The smallest absolute Gasteiger partial charge is 0.307 e. The van der Waals surface area contributed by atoms with E-state index in [0.29, 0.717) is 6.61 Å². The molecule has 0 spiro atoms. The predicted octanol–water partition coefficient (Wildman–Crippen LogP) is 6.44. The van der Waals surface area contributed by atoms with Gasteiger partial charge in [0.1, 0.15) is 23.9 Å². The molecule has 0 aliphatic carbocycles. The first-order valence-electron chi connectivity index (χ1n) is 10.2. The third-order valence-corrected chi connectivity index (χ3v) is 5.20. The maximum atomic E-state index is 11.0. The second kappa shape index (κ2) is 8.92. The number of ether oxygens (including phenoxy) is 1. The molecule has 0 atom stereocenters. The van der Waals surface area contributed by atoms with Crippen molar-refractivity contribution in [2.45, 2.75) is 26.9 Å². The van der Waals surface area contributed by atoms with Crippen molar-refractivity contribution < 1.29 is 19.1 Å². The lowest BCUT2D eigenvalue weighted by molar-refractivity contribution is -0.136. The average Bonchev–Trinajstić information content (AvgIpc) is 3.13. The lowest BCUT2D eigenvalue weighted by Crippen LogP contribution is -1.99. The van der Waals surface area contributed by atoms with Crippen LogP contribution in [0.3, 0.4) is 0 Å². The van der Waals surface area contributed by atoms with Gasteiger partial charge < -0.3 is 14.3 Å². The van der Waals surface area contributed by atoms with Crippen LogP contribution in [0.5, 0.6) is 5.75 Å². The monoisotopic (exact) mass is 412 g/mol. The highest BCUT2D eigenvalue weighted by Crippen LogP contribution is 2.28. The van der Waals surface area contributed by atoms with E-state index in [1.807, 2.05) is 61.5 Å². The maximum absolute atomic E-state index is 11.0. The molecule has 0 unspecified atom stereocenters. The Bertz CT molecular complexity index is 1200. The molecule has 0 fully saturated rings. The van der Waals surface area contributed by atoms with Crippen LogP contribution in [-0.2, 0) is 17.8 Å². The van der Waals surface area contributed by atoms with Crippen molar-refractivity contribution in [3.63, 3.8) is 0 Å². The van der Waals surface area contributed by atoms with E-state index < -0.39 is 5.97 Å². The van der Waals surface area contributed by atoms with Gasteiger partial charge in [0.2, 0.25) is 0 Å². The molecule has 4 nitrogen and oxygen atoms in total. The number of carbonyl (C=O) groups is 1. The maximum Gasteiger partial charge on any atom is 0.307 e. The Balaban J connectivity index is 1.49. The van der Waals surface area contributed by atoms with Crippen molar-refractivity contribution in [1.82, 2.24) is 0 Å². The van der Waals surface area contributed by atoms with Gasteiger partial charge in [-0.2, -0.15) is 0 Å². The quantitative estimate of drug-likeness (QED) is 0.380. The molecule has 1 heterocycles. The molecule has 0 saturated carbocycles. The first-order valence-corrected chi connectivity index (χ1v) is 10.2. The minimum Gasteiger partial charge on any atom is -0.489 e. The van der Waals surface area contributed by atoms with Crippen molar-refractivity contribution in [3.8, 4) is 28.2 Å². The fourth-order valence-corrected chi connectivity index (χ4v) is 3.49. The van der Waals surface area contributed by atoms with E-state index in [0.717, 1.165) is 45.1 Å². The molecule has 4 rings (SSSR count). The number of carboxylic acids is 1. The lowest BCUT2D eigenvalue weighted by atomic mass is 10.0. The van der Waals surface area contributed by atoms with Gasteiger partial charge >= 0.3 is 5.97 Å². The molecule has 31 heavy (non-hydrogen) atoms. The summed E-state index contributed by atoms with van der Waals surface area (Å²) in [6, 6.07) is 25.7. The van der Waals surface area contributed by atoms with Crippen LogP contribution < -0.4 is 4.74 Å². The molecule has 4 aromatic rings. The number of furan rings is 1. The largest absolute Gasteiger partial charge is 0.489 e. The number of hydrogen-bond donors (Lipinski definition) is 1. The van der Waals surface area contributed by atoms with Gasteiger partial charge in [0.05, 0.1) is 6.42 Å². The normalized spacial score (nSPS) is 10.8. The lowest BCUT2D eigenvalue weighted by Gasteiger charge is -2.09. The van der Waals surface area contributed by atoms with Gasteiger partial charge in [0.15, 0.2) is 0 Å². The molecule has 0 bridgehead atoms. The first kappa shape index (κ1) is 20.5. The number of hydrogen-bond acceptors (Lipinski definition) is 3. The van der Waals surface area contributed by atoms with Crippen molar-refractivity contribution >= 4 is 5.97 Å². The van der Waals surface area contributed by atoms with Gasteiger partial charge in [-0.15, -0.1) is 0 Å². The van der Waals surface area contributed by atoms with Crippen molar-refractivity contribution in [3.05, 3.63) is 101 Å². The molecular formula is C27H24O4. The summed E-state index contributed by atoms with van der Waals surface area (Å²) in [5, 5.41) is 9.03. The molecule has 0 aliphatic rings. The Kier molecular flexibility index (Phi) is 5.89. The summed E-state index contributed by atoms with van der Waals surface area (Å²) < 4.78 is 12.0. The van der Waals surface area contributed by atoms with Gasteiger partial charge in [-0.25, -0.2) is 0 Å². The van der Waals surface area contributed by atoms with Crippen molar-refractivity contribution in [1.29, 1.82) is 0 Å². The summed E-state index contributed by atoms with van der Waals surface area (Å²) in [5.74, 6) is 1.58. The molecule has 3 aromatic carbocycles. The molecule has 0 amide bonds. The number of aliphatic carboxylic acids is 1. The van der Waals surface area contributed by atoms with E-state index in [9.17, 15) is 4.79 Å². The third kappa shape index (κ3) is 5.04. The predicted molar refractivity (Wildman–Crippen MR) is 121 cm³/mol. The molecule has 0 saturated heterocycles. The van der Waals surface area contributed by atoms with Gasteiger partial charge in [0, 0.05) is 11.1 Å². The molecule has 0 aliphatic heterocycles. The van der Waals surface area contributed by atoms with Crippen molar-refractivity contribution in [2.75, 3.05) is 0 Å². The zero-order chi connectivity index (χ0) is 21.8. The van der Waals surface area contributed by atoms with Crippen molar-refractivity contribution in [2.24, 2.45) is 0 Å². The zero-order valence-corrected chi connectivity index (χ0v) is 17.6. The van der Waals surface area contributed by atoms with Crippen LogP contribution in [0.25, 0.3) is 22.5 Å². The molecule has 1 N–H and O–H groups in total. The second-order valence-corrected chi connectivity index (χ2v) is 7.65. The van der Waals surface area contributed by atoms with E-state index in [1.54, 1.807) is 0 Å². The summed E-state index contributed by atoms with van der Waals surface area (Å²) in [6.07, 6.45) is 0.00706. The number of benzene rings is 3. The fourth-order valence-electron chi connectivity index (χ4n) is 3.49. The molecule has 0 radical (unpaired) electrons. The van der Waals surface area contributed by atoms with E-state index >= 15 is 0 Å². The zero-order valence-electron chi connectivity index (χ0n) is 17.6. The topological polar surface area (TPSA) is 59.7 Å². The number of rotatable bonds is 7. The summed E-state index contributed by atoms with van der Waals surface area (Å²) >= 11 is 0. The summed E-state index contributed by atoms with van der Waals surface area (Å²) in [4.78, 5) is 11.0. The van der Waals surface area contributed by atoms with E-state index in [1.165, 1.54) is 5.56 Å². The highest BCUT2D eigenvalue weighted by atomic mass is 16.5. The highest BCUT2D eigenvalue weighted by molar-refractivity contribution is 5.72. The van der Waals surface area contributed by atoms with Crippen LogP contribution >= 0.6 is 0 Å². The molecule has 4 heteroatoms. The Morgan fingerprint density at radius 3 is 2.32 bits per heavy atom. The van der Waals surface area contributed by atoms with Crippen LogP contribution in [0, 0.1) is 13.8 Å². The van der Waals surface area contributed by atoms with Crippen LogP contribution in [0.1, 0.15) is 22.5 Å². The Labute approximate surface area is 181 Å². The van der Waals surface area contributed by atoms with E-state index in [-0.39, 0.29) is 6.42 Å². The van der Waals surface area contributed by atoms with Gasteiger partial charge in [0.25, 0.3) is 0 Å². The molecule has 156 valence electrons. The standard InChI is InChI=1S/C27H24O4/c1-18-9-11-21(12-10-18)26-16-24(19(2)31-26)17-30-25-8-4-7-23(15-25)22-6-3-5-20(13-22)14-27(28)29/h3-13,15-16H,14,17H2,1-2H3,(H,28,29). The Morgan fingerprint density at radius 2 is 1.58 bits per heavy atom. The van der Waals surface area contributed by atoms with E-state index in [2.05, 4.69) is 31.2 Å². The Morgan fingerprint density at radius 1 is 0.871 bits per heavy atom. The minimum atomic E-state index is -0.838. The average molecular weight is 412 g/mol. The highest BCUT2D eigenvalue weighted by Gasteiger charge is 2.11. The third-order valence-electron chi connectivity index (χ3n) is 5.20. The summed E-state index contributed by atoms with van der Waals surface area (Å²) in [6.45, 7) is 4.41. The fraction of sp³-hybridized carbons (Fsp3) is 0.148. The molecule has 1 aromatic heterocycles. The first-order chi connectivity index (χ1) is 15.0. The Hall–Kier alpha value is -3.79. The van der Waals surface area contributed by atoms with E-state index in [4.69, 9.17) is 14.3 Å². The summed E-state index contributed by atoms with van der Waals surface area (Å²) in [5.41, 5.74) is 5.98. The number of carboxylic acid groups (broad SMARTS) is 1. The second-order valence-electron chi connectivity index (χ2n) is 7.65. The van der Waals surface area contributed by atoms with Gasteiger partial charge in [-0.05, 0) is 48.7 Å². The van der Waals surface area contributed by atoms with Gasteiger partial charge in [-0.1, -0.05) is 66.2 Å². The van der Waals surface area contributed by atoms with Crippen LogP contribution in [0.15, 0.2) is 83.3 Å². The van der Waals surface area contributed by atoms with Gasteiger partial charge in [-0.3, -0.25) is 4.79 Å². The minimum absolute atomic E-state index is 0.00706. The molecular weight excluding hydrogens is 388 g/mol. The van der Waals surface area contributed by atoms with Crippen LogP contribution in [0.2, 0.25) is 0 Å². The van der Waals surface area contributed by atoms with Crippen LogP contribution in [-0.4, -0.2) is 11.1 Å². The van der Waals surface area contributed by atoms with Crippen LogP contribution in [0.4, 0.5) is 0 Å². The SMILES string of the molecule is Cc1ccc(-c2cc(COc3cccc(-c4cccc(CC(=O)O)c4)c3)c(C)o2)cc1. The number of aryl methyl sites for hydroxylation is 2. The summed E-state index contributed by atoms with van der Waals surface area (Å²) in [7, 11) is 0.